The van der Waals surface area contributed by atoms with Gasteiger partial charge in [0.2, 0.25) is 0 Å². The predicted molar refractivity (Wildman–Crippen MR) is 136 cm³/mol. The van der Waals surface area contributed by atoms with Crippen molar-refractivity contribution in [3.05, 3.63) is 70.6 Å². The number of aromatic nitrogens is 1. The maximum absolute atomic E-state index is 13.1. The van der Waals surface area contributed by atoms with Crippen molar-refractivity contribution in [3.63, 3.8) is 0 Å². The number of benzene rings is 3. The molecule has 202 valence electrons. The van der Waals surface area contributed by atoms with Gasteiger partial charge in [-0.1, -0.05) is 24.3 Å². The van der Waals surface area contributed by atoms with Crippen molar-refractivity contribution < 1.29 is 37.8 Å². The number of hydrogen-bond acceptors (Lipinski definition) is 8. The Morgan fingerprint density at radius 2 is 1.82 bits per heavy atom. The van der Waals surface area contributed by atoms with Crippen LogP contribution in [0, 0.1) is 12.1 Å². The number of phenolic OH excluding ortho intramolecular Hbond substituents is 1. The normalized spacial score (nSPS) is 11.8. The summed E-state index contributed by atoms with van der Waals surface area (Å²) in [4.78, 5) is 13.0. The summed E-state index contributed by atoms with van der Waals surface area (Å²) >= 11 is 0. The van der Waals surface area contributed by atoms with Gasteiger partial charge in [0, 0.05) is 42.1 Å². The second-order valence-corrected chi connectivity index (χ2v) is 8.51. The molecule has 4 aromatic rings. The number of rotatable bonds is 9. The van der Waals surface area contributed by atoms with Crippen LogP contribution in [0.25, 0.3) is 21.7 Å². The van der Waals surface area contributed by atoms with Crippen LogP contribution in [0.5, 0.6) is 5.75 Å². The minimum absolute atomic E-state index is 0.00804. The maximum atomic E-state index is 13.1. The Morgan fingerprint density at radius 3 is 2.47 bits per heavy atom. The highest BCUT2D eigenvalue weighted by molar-refractivity contribution is 6.16. The van der Waals surface area contributed by atoms with Crippen LogP contribution in [-0.4, -0.2) is 47.7 Å². The fourth-order valence-corrected chi connectivity index (χ4v) is 4.46. The Balaban J connectivity index is 1.73. The van der Waals surface area contributed by atoms with E-state index in [1.165, 1.54) is 13.2 Å². The van der Waals surface area contributed by atoms with Crippen molar-refractivity contribution in [3.8, 4) is 5.75 Å². The summed E-state index contributed by atoms with van der Waals surface area (Å²) in [6, 6.07) is 11.0. The number of hydrogen-bond donors (Lipinski definition) is 3. The second kappa shape index (κ2) is 10.8. The number of phenols is 1. The molecule has 3 N–H and O–H groups in total. The summed E-state index contributed by atoms with van der Waals surface area (Å²) < 4.78 is 51.3. The van der Waals surface area contributed by atoms with Crippen LogP contribution in [-0.2, 0) is 22.2 Å². The lowest BCUT2D eigenvalue weighted by Crippen LogP contribution is -2.17. The van der Waals surface area contributed by atoms with E-state index in [0.717, 1.165) is 12.1 Å². The van der Waals surface area contributed by atoms with Crippen LogP contribution < -0.4 is 10.5 Å². The minimum Gasteiger partial charge on any atom is -0.733 e. The Kier molecular flexibility index (Phi) is 7.67. The SMILES string of the molecule is COCCOC(=O)c1c(C)n(CCNc2ccc(C(F)(F)F)cc2N([O-])O)c2c1cc(O)c1ccccc12. The first kappa shape index (κ1) is 27.0. The number of fused-ring (bicyclic) bond motifs is 3. The van der Waals surface area contributed by atoms with Gasteiger partial charge in [-0.3, -0.25) is 5.21 Å². The Labute approximate surface area is 215 Å². The van der Waals surface area contributed by atoms with E-state index in [1.54, 1.807) is 31.2 Å². The highest BCUT2D eigenvalue weighted by Gasteiger charge is 2.31. The number of carbonyl (C=O) groups is 1. The number of methoxy groups -OCH3 is 1. The molecule has 3 aromatic carbocycles. The molecule has 1 heterocycles. The van der Waals surface area contributed by atoms with Gasteiger partial charge in [0.05, 0.1) is 34.6 Å². The highest BCUT2D eigenvalue weighted by atomic mass is 19.4. The van der Waals surface area contributed by atoms with Gasteiger partial charge < -0.3 is 34.9 Å². The molecule has 12 heteroatoms. The van der Waals surface area contributed by atoms with E-state index in [1.807, 2.05) is 4.57 Å². The molecule has 0 aliphatic carbocycles. The molecule has 0 unspecified atom stereocenters. The first-order valence-electron chi connectivity index (χ1n) is 11.6. The van der Waals surface area contributed by atoms with Gasteiger partial charge >= 0.3 is 12.1 Å². The van der Waals surface area contributed by atoms with Crippen molar-refractivity contribution in [1.82, 2.24) is 4.57 Å². The molecule has 0 bridgehead atoms. The third-order valence-electron chi connectivity index (χ3n) is 6.21. The molecule has 9 nitrogen and oxygen atoms in total. The van der Waals surface area contributed by atoms with Gasteiger partial charge in [-0.2, -0.15) is 13.2 Å². The van der Waals surface area contributed by atoms with Crippen LogP contribution in [0.4, 0.5) is 24.5 Å². The standard InChI is InChI=1S/C26H25F3N3O6/c1-15-23(25(34)38-12-11-37-2)19-14-22(33)17-5-3-4-6-18(17)24(19)31(15)10-9-30-20-8-7-16(26(27,28)29)13-21(20)32(35)36/h3-8,13-14,30,33,35H,9-12H2,1-2H3/q-1. The number of halogens is 3. The summed E-state index contributed by atoms with van der Waals surface area (Å²) in [6.45, 7) is 2.29. The number of nitrogens with one attached hydrogen (secondary N) is 1. The quantitative estimate of drug-likeness (QED) is 0.148. The van der Waals surface area contributed by atoms with Gasteiger partial charge in [0.1, 0.15) is 12.4 Å². The van der Waals surface area contributed by atoms with Crippen LogP contribution in [0.1, 0.15) is 21.6 Å². The van der Waals surface area contributed by atoms with E-state index in [0.29, 0.717) is 33.4 Å². The highest BCUT2D eigenvalue weighted by Crippen LogP contribution is 2.38. The van der Waals surface area contributed by atoms with E-state index in [4.69, 9.17) is 9.47 Å². The van der Waals surface area contributed by atoms with Crippen molar-refractivity contribution in [2.45, 2.75) is 19.6 Å². The zero-order valence-corrected chi connectivity index (χ0v) is 20.5. The lowest BCUT2D eigenvalue weighted by Gasteiger charge is -2.26. The molecule has 0 spiro atoms. The first-order chi connectivity index (χ1) is 18.0. The molecular formula is C26H25F3N3O6-. The Morgan fingerprint density at radius 1 is 1.11 bits per heavy atom. The van der Waals surface area contributed by atoms with Gasteiger partial charge in [0.15, 0.2) is 0 Å². The van der Waals surface area contributed by atoms with Gasteiger partial charge in [-0.15, -0.1) is 0 Å². The number of alkyl halides is 3. The van der Waals surface area contributed by atoms with Crippen LogP contribution in [0.15, 0.2) is 48.5 Å². The van der Waals surface area contributed by atoms with Gasteiger partial charge in [-0.05, 0) is 31.2 Å². The topological polar surface area (TPSA) is 119 Å². The van der Waals surface area contributed by atoms with Gasteiger partial charge in [0.25, 0.3) is 0 Å². The third-order valence-corrected chi connectivity index (χ3v) is 6.21. The molecular weight excluding hydrogens is 507 g/mol. The van der Waals surface area contributed by atoms with Crippen LogP contribution in [0.2, 0.25) is 0 Å². The number of anilines is 2. The van der Waals surface area contributed by atoms with E-state index in [2.05, 4.69) is 5.32 Å². The largest absolute Gasteiger partial charge is 0.733 e. The molecule has 0 saturated carbocycles. The molecule has 0 radical (unpaired) electrons. The molecule has 4 rings (SSSR count). The summed E-state index contributed by atoms with van der Waals surface area (Å²) in [6.07, 6.45) is -4.69. The molecule has 1 aromatic heterocycles. The minimum atomic E-state index is -4.69. The first-order valence-corrected chi connectivity index (χ1v) is 11.6. The summed E-state index contributed by atoms with van der Waals surface area (Å²) in [7, 11) is 1.48. The fourth-order valence-electron chi connectivity index (χ4n) is 4.46. The molecule has 0 fully saturated rings. The summed E-state index contributed by atoms with van der Waals surface area (Å²) in [5.41, 5.74) is -0.230. The average Bonchev–Trinajstić information content (AvgIpc) is 3.14. The van der Waals surface area contributed by atoms with Crippen molar-refractivity contribution in [2.75, 3.05) is 37.4 Å². The molecule has 0 amide bonds. The van der Waals surface area contributed by atoms with E-state index < -0.39 is 28.6 Å². The number of carbonyl (C=O) groups excluding carboxylic acids is 1. The van der Waals surface area contributed by atoms with Crippen molar-refractivity contribution in [2.24, 2.45) is 0 Å². The smallest absolute Gasteiger partial charge is 0.416 e. The molecule has 0 aliphatic heterocycles. The lowest BCUT2D eigenvalue weighted by atomic mass is 10.0. The third kappa shape index (κ3) is 5.19. The summed E-state index contributed by atoms with van der Waals surface area (Å²) in [5.74, 6) is -0.611. The van der Waals surface area contributed by atoms with Crippen LogP contribution in [0.3, 0.4) is 0 Å². The molecule has 0 atom stereocenters. The van der Waals surface area contributed by atoms with E-state index in [-0.39, 0.29) is 43.3 Å². The Hall–Kier alpha value is -4.00. The number of esters is 1. The van der Waals surface area contributed by atoms with Crippen LogP contribution >= 0.6 is 0 Å². The number of aromatic hydroxyl groups is 1. The second-order valence-electron chi connectivity index (χ2n) is 8.51. The van der Waals surface area contributed by atoms with Crippen molar-refractivity contribution >= 4 is 39.0 Å². The Bertz CT molecular complexity index is 1480. The summed E-state index contributed by atoms with van der Waals surface area (Å²) in [5, 5.41) is 35.5. The molecule has 0 saturated heterocycles. The zero-order valence-electron chi connectivity index (χ0n) is 20.5. The monoisotopic (exact) mass is 532 g/mol. The fraction of sp³-hybridized carbons (Fsp3) is 0.269. The van der Waals surface area contributed by atoms with Crippen molar-refractivity contribution in [1.29, 1.82) is 0 Å². The maximum Gasteiger partial charge on any atom is 0.416 e. The lowest BCUT2D eigenvalue weighted by molar-refractivity contribution is -0.137. The predicted octanol–water partition coefficient (Wildman–Crippen LogP) is 5.44. The zero-order chi connectivity index (χ0) is 27.6. The van der Waals surface area contributed by atoms with E-state index >= 15 is 0 Å². The number of nitrogens with zero attached hydrogens (tertiary/aromatic N) is 2. The van der Waals surface area contributed by atoms with E-state index in [9.17, 15) is 33.5 Å². The van der Waals surface area contributed by atoms with Gasteiger partial charge in [-0.25, -0.2) is 4.79 Å². The average molecular weight is 532 g/mol. The molecule has 38 heavy (non-hydrogen) atoms. The number of ether oxygens (including phenoxy) is 2. The molecule has 0 aliphatic rings.